The molecule has 3 fully saturated rings. The van der Waals surface area contributed by atoms with E-state index in [1.54, 1.807) is 0 Å². The van der Waals surface area contributed by atoms with E-state index in [2.05, 4.69) is 50.4 Å². The Hall–Kier alpha value is -0.820. The van der Waals surface area contributed by atoms with Crippen molar-refractivity contribution in [3.63, 3.8) is 0 Å². The molecule has 0 spiro atoms. The van der Waals surface area contributed by atoms with Crippen molar-refractivity contribution >= 4 is 29.9 Å². The van der Waals surface area contributed by atoms with E-state index in [1.165, 1.54) is 57.2 Å². The highest BCUT2D eigenvalue weighted by atomic mass is 127. The van der Waals surface area contributed by atoms with Crippen LogP contribution in [0.4, 0.5) is 0 Å². The molecular weight excluding hydrogens is 435 g/mol. The Morgan fingerprint density at radius 3 is 2.58 bits per heavy atom. The highest BCUT2D eigenvalue weighted by Crippen LogP contribution is 2.32. The summed E-state index contributed by atoms with van der Waals surface area (Å²) in [4.78, 5) is 9.83. The zero-order valence-corrected chi connectivity index (χ0v) is 18.3. The third-order valence-electron chi connectivity index (χ3n) is 6.36. The number of fused-ring (bicyclic) bond motifs is 1. The number of nitrogens with one attached hydrogen (secondary N) is 1. The average Bonchev–Trinajstić information content (AvgIpc) is 2.62. The fourth-order valence-electron chi connectivity index (χ4n) is 4.75. The second-order valence-electron chi connectivity index (χ2n) is 7.98. The van der Waals surface area contributed by atoms with E-state index in [0.717, 1.165) is 31.0 Å². The second kappa shape index (κ2) is 9.40. The van der Waals surface area contributed by atoms with Gasteiger partial charge in [0.1, 0.15) is 0 Å². The van der Waals surface area contributed by atoms with E-state index in [0.29, 0.717) is 6.04 Å². The molecule has 1 N–H and O–H groups in total. The normalized spacial score (nSPS) is 27.3. The van der Waals surface area contributed by atoms with Crippen molar-refractivity contribution in [1.29, 1.82) is 0 Å². The fourth-order valence-corrected chi connectivity index (χ4v) is 4.75. The Morgan fingerprint density at radius 1 is 1.08 bits per heavy atom. The SMILES string of the molecule is CN=C(NC1CCC1)N1CCC2C(CCCN2Cc2ccccc2)C1.I. The summed E-state index contributed by atoms with van der Waals surface area (Å²) in [6.45, 7) is 4.67. The van der Waals surface area contributed by atoms with Gasteiger partial charge in [0, 0.05) is 38.8 Å². The molecule has 3 aliphatic rings. The van der Waals surface area contributed by atoms with Gasteiger partial charge >= 0.3 is 0 Å². The molecule has 0 amide bonds. The molecule has 2 heterocycles. The molecule has 5 heteroatoms. The molecule has 1 saturated carbocycles. The number of piperidine rings is 2. The lowest BCUT2D eigenvalue weighted by Crippen LogP contribution is -2.58. The Balaban J connectivity index is 0.00000196. The van der Waals surface area contributed by atoms with E-state index < -0.39 is 0 Å². The molecule has 2 aliphatic heterocycles. The Labute approximate surface area is 175 Å². The predicted octanol–water partition coefficient (Wildman–Crippen LogP) is 3.72. The molecule has 2 unspecified atom stereocenters. The summed E-state index contributed by atoms with van der Waals surface area (Å²) in [6, 6.07) is 12.4. The van der Waals surface area contributed by atoms with Gasteiger partial charge in [-0.15, -0.1) is 24.0 Å². The average molecular weight is 468 g/mol. The van der Waals surface area contributed by atoms with Crippen LogP contribution in [0.15, 0.2) is 35.3 Å². The van der Waals surface area contributed by atoms with Crippen LogP contribution in [0.2, 0.25) is 0 Å². The zero-order valence-electron chi connectivity index (χ0n) is 15.9. The number of rotatable bonds is 3. The molecule has 1 aromatic carbocycles. The van der Waals surface area contributed by atoms with Gasteiger partial charge in [-0.25, -0.2) is 0 Å². The quantitative estimate of drug-likeness (QED) is 0.417. The van der Waals surface area contributed by atoms with E-state index >= 15 is 0 Å². The highest BCUT2D eigenvalue weighted by Gasteiger charge is 2.37. The lowest BCUT2D eigenvalue weighted by Gasteiger charge is -2.48. The van der Waals surface area contributed by atoms with Crippen molar-refractivity contribution < 1.29 is 0 Å². The standard InChI is InChI=1S/C21H32N4.HI/c1-22-21(23-19-10-5-11-19)25-14-12-20-18(16-25)9-6-13-24(20)15-17-7-3-2-4-8-17;/h2-4,7-8,18-20H,5-6,9-16H2,1H3,(H,22,23);1H. The first-order valence-corrected chi connectivity index (χ1v) is 10.1. The van der Waals surface area contributed by atoms with Crippen LogP contribution in [0.1, 0.15) is 44.1 Å². The van der Waals surface area contributed by atoms with Crippen molar-refractivity contribution in [3.05, 3.63) is 35.9 Å². The molecule has 0 bridgehead atoms. The molecule has 0 aromatic heterocycles. The first-order chi connectivity index (χ1) is 12.3. The van der Waals surface area contributed by atoms with Crippen molar-refractivity contribution in [1.82, 2.24) is 15.1 Å². The summed E-state index contributed by atoms with van der Waals surface area (Å²) in [5.41, 5.74) is 1.45. The largest absolute Gasteiger partial charge is 0.354 e. The maximum Gasteiger partial charge on any atom is 0.193 e. The molecule has 144 valence electrons. The lowest BCUT2D eigenvalue weighted by molar-refractivity contribution is 0.0369. The van der Waals surface area contributed by atoms with E-state index in [9.17, 15) is 0 Å². The van der Waals surface area contributed by atoms with Crippen LogP contribution in [-0.2, 0) is 6.54 Å². The summed E-state index contributed by atoms with van der Waals surface area (Å²) in [5.74, 6) is 1.93. The van der Waals surface area contributed by atoms with Gasteiger partial charge in [-0.1, -0.05) is 30.3 Å². The van der Waals surface area contributed by atoms with Gasteiger partial charge in [0.25, 0.3) is 0 Å². The molecule has 1 aromatic rings. The Morgan fingerprint density at radius 2 is 1.88 bits per heavy atom. The van der Waals surface area contributed by atoms with Gasteiger partial charge < -0.3 is 10.2 Å². The van der Waals surface area contributed by atoms with E-state index in [4.69, 9.17) is 0 Å². The van der Waals surface area contributed by atoms with Crippen molar-refractivity contribution in [3.8, 4) is 0 Å². The van der Waals surface area contributed by atoms with Crippen molar-refractivity contribution in [2.24, 2.45) is 10.9 Å². The fraction of sp³-hybridized carbons (Fsp3) is 0.667. The summed E-state index contributed by atoms with van der Waals surface area (Å²) >= 11 is 0. The Bertz CT molecular complexity index is 587. The minimum Gasteiger partial charge on any atom is -0.354 e. The number of likely N-dealkylation sites (tertiary alicyclic amines) is 2. The van der Waals surface area contributed by atoms with Crippen molar-refractivity contribution in [2.45, 2.75) is 57.2 Å². The van der Waals surface area contributed by atoms with E-state index in [1.807, 2.05) is 7.05 Å². The van der Waals surface area contributed by atoms with Gasteiger partial charge in [0.2, 0.25) is 0 Å². The van der Waals surface area contributed by atoms with Crippen LogP contribution in [0.25, 0.3) is 0 Å². The minimum atomic E-state index is 0. The molecular formula is C21H33IN4. The number of benzene rings is 1. The van der Waals surface area contributed by atoms with Gasteiger partial charge in [0.05, 0.1) is 0 Å². The maximum atomic E-state index is 4.58. The van der Waals surface area contributed by atoms with Crippen LogP contribution in [0, 0.1) is 5.92 Å². The summed E-state index contributed by atoms with van der Waals surface area (Å²) in [7, 11) is 1.94. The number of hydrogen-bond donors (Lipinski definition) is 1. The molecule has 2 atom stereocenters. The maximum absolute atomic E-state index is 4.58. The van der Waals surface area contributed by atoms with Crippen LogP contribution < -0.4 is 5.32 Å². The smallest absolute Gasteiger partial charge is 0.193 e. The zero-order chi connectivity index (χ0) is 17.1. The van der Waals surface area contributed by atoms with Crippen LogP contribution in [0.3, 0.4) is 0 Å². The number of halogens is 1. The summed E-state index contributed by atoms with van der Waals surface area (Å²) in [6.07, 6.45) is 7.95. The summed E-state index contributed by atoms with van der Waals surface area (Å²) < 4.78 is 0. The van der Waals surface area contributed by atoms with Gasteiger partial charge in [-0.05, 0) is 56.6 Å². The third kappa shape index (κ3) is 4.53. The molecule has 1 aliphatic carbocycles. The van der Waals surface area contributed by atoms with Crippen LogP contribution in [-0.4, -0.2) is 54.5 Å². The van der Waals surface area contributed by atoms with Gasteiger partial charge in [-0.3, -0.25) is 9.89 Å². The monoisotopic (exact) mass is 468 g/mol. The van der Waals surface area contributed by atoms with Gasteiger partial charge in [-0.2, -0.15) is 0 Å². The highest BCUT2D eigenvalue weighted by molar-refractivity contribution is 14.0. The number of aliphatic imine (C=N–C) groups is 1. The van der Waals surface area contributed by atoms with Gasteiger partial charge in [0.15, 0.2) is 5.96 Å². The third-order valence-corrected chi connectivity index (χ3v) is 6.36. The lowest BCUT2D eigenvalue weighted by atomic mass is 9.83. The second-order valence-corrected chi connectivity index (χ2v) is 7.98. The molecule has 4 rings (SSSR count). The summed E-state index contributed by atoms with van der Waals surface area (Å²) in [5, 5.41) is 3.68. The molecule has 26 heavy (non-hydrogen) atoms. The first-order valence-electron chi connectivity index (χ1n) is 10.1. The molecule has 0 radical (unpaired) electrons. The first kappa shape index (κ1) is 19.9. The molecule has 4 nitrogen and oxygen atoms in total. The number of nitrogens with zero attached hydrogens (tertiary/aromatic N) is 3. The topological polar surface area (TPSA) is 30.9 Å². The number of hydrogen-bond acceptors (Lipinski definition) is 2. The van der Waals surface area contributed by atoms with Crippen LogP contribution >= 0.6 is 24.0 Å². The Kier molecular flexibility index (Phi) is 7.20. The molecule has 2 saturated heterocycles. The number of guanidine groups is 1. The van der Waals surface area contributed by atoms with Crippen LogP contribution in [0.5, 0.6) is 0 Å². The van der Waals surface area contributed by atoms with Crippen molar-refractivity contribution in [2.75, 3.05) is 26.7 Å². The predicted molar refractivity (Wildman–Crippen MR) is 119 cm³/mol. The minimum absolute atomic E-state index is 0. The van der Waals surface area contributed by atoms with E-state index in [-0.39, 0.29) is 24.0 Å².